The molecule has 1 aromatic rings. The smallest absolute Gasteiger partial charge is 0.356 e. The number of rotatable bonds is 6. The van der Waals surface area contributed by atoms with Crippen LogP contribution in [-0.4, -0.2) is 59.8 Å². The zero-order valence-electron chi connectivity index (χ0n) is 12.6. The summed E-state index contributed by atoms with van der Waals surface area (Å²) in [5, 5.41) is 9.65. The molecule has 8 heteroatoms. The first-order valence-electron chi connectivity index (χ1n) is 6.72. The van der Waals surface area contributed by atoms with Crippen LogP contribution in [0.2, 0.25) is 0 Å². The number of amides is 3. The molecule has 0 aliphatic carbocycles. The number of hydroxylamine groups is 2. The molecule has 1 aliphatic rings. The van der Waals surface area contributed by atoms with Crippen molar-refractivity contribution in [3.63, 3.8) is 0 Å². The van der Waals surface area contributed by atoms with E-state index in [2.05, 4.69) is 0 Å². The van der Waals surface area contributed by atoms with Gasteiger partial charge in [0, 0.05) is 7.11 Å². The Labute approximate surface area is 132 Å². The van der Waals surface area contributed by atoms with Crippen molar-refractivity contribution in [2.75, 3.05) is 20.8 Å². The van der Waals surface area contributed by atoms with Crippen LogP contribution in [0.4, 0.5) is 4.79 Å². The SMILES string of the molecule is COC(CN1C(=O)N(OC)C(=O)C1=Cc1ccccc1)C(=O)O. The van der Waals surface area contributed by atoms with Crippen molar-refractivity contribution in [3.05, 3.63) is 41.6 Å². The number of hydrogen-bond donors (Lipinski definition) is 1. The normalized spacial score (nSPS) is 17.9. The van der Waals surface area contributed by atoms with E-state index in [1.807, 2.05) is 6.07 Å². The van der Waals surface area contributed by atoms with Gasteiger partial charge in [0.15, 0.2) is 6.10 Å². The predicted octanol–water partition coefficient (Wildman–Crippen LogP) is 0.953. The van der Waals surface area contributed by atoms with E-state index in [9.17, 15) is 14.4 Å². The van der Waals surface area contributed by atoms with Crippen molar-refractivity contribution in [1.82, 2.24) is 9.96 Å². The van der Waals surface area contributed by atoms with Gasteiger partial charge >= 0.3 is 17.9 Å². The molecule has 1 unspecified atom stereocenters. The molecule has 1 aromatic carbocycles. The molecule has 1 saturated heterocycles. The molecule has 0 bridgehead atoms. The fraction of sp³-hybridized carbons (Fsp3) is 0.267. The van der Waals surface area contributed by atoms with Crippen LogP contribution in [0.3, 0.4) is 0 Å². The van der Waals surface area contributed by atoms with Gasteiger partial charge < -0.3 is 9.84 Å². The van der Waals surface area contributed by atoms with Crippen molar-refractivity contribution in [2.45, 2.75) is 6.10 Å². The lowest BCUT2D eigenvalue weighted by Gasteiger charge is -2.19. The zero-order valence-corrected chi connectivity index (χ0v) is 12.6. The molecule has 1 fully saturated rings. The van der Waals surface area contributed by atoms with Gasteiger partial charge in [-0.25, -0.2) is 9.59 Å². The van der Waals surface area contributed by atoms with E-state index in [0.717, 1.165) is 4.90 Å². The second kappa shape index (κ2) is 7.03. The van der Waals surface area contributed by atoms with Gasteiger partial charge in [0.25, 0.3) is 0 Å². The Kier molecular flexibility index (Phi) is 5.09. The topological polar surface area (TPSA) is 96.4 Å². The molecular formula is C15H16N2O6. The molecule has 23 heavy (non-hydrogen) atoms. The lowest BCUT2D eigenvalue weighted by atomic mass is 10.2. The highest BCUT2D eigenvalue weighted by Gasteiger charge is 2.43. The first-order chi connectivity index (χ1) is 11.0. The van der Waals surface area contributed by atoms with Crippen LogP contribution in [0, 0.1) is 0 Å². The first kappa shape index (κ1) is 16.7. The first-order valence-corrected chi connectivity index (χ1v) is 6.72. The number of carboxylic acid groups (broad SMARTS) is 1. The predicted molar refractivity (Wildman–Crippen MR) is 78.8 cm³/mol. The third kappa shape index (κ3) is 3.38. The van der Waals surface area contributed by atoms with E-state index >= 15 is 0 Å². The van der Waals surface area contributed by atoms with E-state index in [1.165, 1.54) is 20.3 Å². The van der Waals surface area contributed by atoms with E-state index in [-0.39, 0.29) is 12.2 Å². The number of ether oxygens (including phenoxy) is 1. The van der Waals surface area contributed by atoms with E-state index in [1.54, 1.807) is 24.3 Å². The maximum Gasteiger partial charge on any atom is 0.356 e. The minimum Gasteiger partial charge on any atom is -0.479 e. The van der Waals surface area contributed by atoms with Crippen molar-refractivity contribution < 1.29 is 29.1 Å². The number of hydrogen-bond acceptors (Lipinski definition) is 5. The maximum absolute atomic E-state index is 12.3. The minimum atomic E-state index is -1.26. The fourth-order valence-electron chi connectivity index (χ4n) is 2.12. The highest BCUT2D eigenvalue weighted by Crippen LogP contribution is 2.24. The lowest BCUT2D eigenvalue weighted by Crippen LogP contribution is -2.40. The second-order valence-electron chi connectivity index (χ2n) is 4.68. The second-order valence-corrected chi connectivity index (χ2v) is 4.68. The number of methoxy groups -OCH3 is 1. The van der Waals surface area contributed by atoms with Gasteiger partial charge in [-0.05, 0) is 11.6 Å². The summed E-state index contributed by atoms with van der Waals surface area (Å²) in [5.74, 6) is -1.90. The van der Waals surface area contributed by atoms with Gasteiger partial charge in [-0.15, -0.1) is 5.06 Å². The summed E-state index contributed by atoms with van der Waals surface area (Å²) in [5.41, 5.74) is 0.710. The molecular weight excluding hydrogens is 304 g/mol. The number of carbonyl (C=O) groups is 3. The molecule has 1 aliphatic heterocycles. The zero-order chi connectivity index (χ0) is 17.0. The van der Waals surface area contributed by atoms with Crippen LogP contribution in [0.1, 0.15) is 5.56 Å². The fourth-order valence-corrected chi connectivity index (χ4v) is 2.12. The van der Waals surface area contributed by atoms with Crippen molar-refractivity contribution >= 4 is 24.0 Å². The largest absolute Gasteiger partial charge is 0.479 e. The standard InChI is InChI=1S/C15H16N2O6/c1-22-12(14(19)20)9-16-11(8-10-6-4-3-5-7-10)13(18)17(23-2)15(16)21/h3-8,12H,9H2,1-2H3,(H,19,20). The highest BCUT2D eigenvalue weighted by molar-refractivity contribution is 6.13. The highest BCUT2D eigenvalue weighted by atomic mass is 16.7. The van der Waals surface area contributed by atoms with Gasteiger partial charge in [-0.2, -0.15) is 0 Å². The van der Waals surface area contributed by atoms with Gasteiger partial charge in [0.05, 0.1) is 13.7 Å². The Hall–Kier alpha value is -2.71. The minimum absolute atomic E-state index is 0.0198. The number of benzene rings is 1. The van der Waals surface area contributed by atoms with E-state index in [4.69, 9.17) is 14.7 Å². The molecule has 0 spiro atoms. The number of aliphatic carboxylic acids is 1. The number of imide groups is 1. The van der Waals surface area contributed by atoms with Gasteiger partial charge in [0.1, 0.15) is 5.70 Å². The quantitative estimate of drug-likeness (QED) is 0.619. The average Bonchev–Trinajstić information content (AvgIpc) is 2.76. The Balaban J connectivity index is 2.38. The molecule has 2 rings (SSSR count). The summed E-state index contributed by atoms with van der Waals surface area (Å²) in [6, 6.07) is 8.12. The van der Waals surface area contributed by atoms with Crippen LogP contribution in [0.25, 0.3) is 6.08 Å². The lowest BCUT2D eigenvalue weighted by molar-refractivity contribution is -0.151. The molecule has 0 aromatic heterocycles. The summed E-state index contributed by atoms with van der Waals surface area (Å²) < 4.78 is 4.83. The number of urea groups is 1. The molecule has 1 N–H and O–H groups in total. The number of carboxylic acids is 1. The maximum atomic E-state index is 12.3. The van der Waals surface area contributed by atoms with Crippen LogP contribution >= 0.6 is 0 Å². The van der Waals surface area contributed by atoms with Gasteiger partial charge in [-0.3, -0.25) is 14.5 Å². The molecule has 1 atom stereocenters. The molecule has 8 nitrogen and oxygen atoms in total. The van der Waals surface area contributed by atoms with Gasteiger partial charge in [0.2, 0.25) is 0 Å². The number of nitrogens with zero attached hydrogens (tertiary/aromatic N) is 2. The van der Waals surface area contributed by atoms with Crippen molar-refractivity contribution in [3.8, 4) is 0 Å². The average molecular weight is 320 g/mol. The summed E-state index contributed by atoms with van der Waals surface area (Å²) in [4.78, 5) is 41.4. The summed E-state index contributed by atoms with van der Waals surface area (Å²) in [6.07, 6.45) is 0.233. The molecule has 0 saturated carbocycles. The summed E-state index contributed by atoms with van der Waals surface area (Å²) in [7, 11) is 2.40. The monoisotopic (exact) mass is 320 g/mol. The van der Waals surface area contributed by atoms with Crippen molar-refractivity contribution in [1.29, 1.82) is 0 Å². The Morgan fingerprint density at radius 3 is 2.43 bits per heavy atom. The molecule has 122 valence electrons. The van der Waals surface area contributed by atoms with Crippen LogP contribution in [0.15, 0.2) is 36.0 Å². The summed E-state index contributed by atoms with van der Waals surface area (Å²) in [6.45, 7) is -0.311. The number of carbonyl (C=O) groups excluding carboxylic acids is 2. The van der Waals surface area contributed by atoms with Crippen LogP contribution < -0.4 is 0 Å². The Bertz CT molecular complexity index is 643. The van der Waals surface area contributed by atoms with E-state index in [0.29, 0.717) is 10.6 Å². The molecule has 1 heterocycles. The third-order valence-electron chi connectivity index (χ3n) is 3.29. The van der Waals surface area contributed by atoms with Crippen LogP contribution in [-0.2, 0) is 19.2 Å². The van der Waals surface area contributed by atoms with Crippen LogP contribution in [0.5, 0.6) is 0 Å². The van der Waals surface area contributed by atoms with Gasteiger partial charge in [-0.1, -0.05) is 30.3 Å². The molecule has 0 radical (unpaired) electrons. The third-order valence-corrected chi connectivity index (χ3v) is 3.29. The Morgan fingerprint density at radius 2 is 1.91 bits per heavy atom. The van der Waals surface area contributed by atoms with Crippen molar-refractivity contribution in [2.24, 2.45) is 0 Å². The summed E-state index contributed by atoms with van der Waals surface area (Å²) >= 11 is 0. The Morgan fingerprint density at radius 1 is 1.26 bits per heavy atom. The molecule has 3 amide bonds. The van der Waals surface area contributed by atoms with E-state index < -0.39 is 24.0 Å².